The molecule has 0 unspecified atom stereocenters. The zero-order valence-electron chi connectivity index (χ0n) is 18.2. The summed E-state index contributed by atoms with van der Waals surface area (Å²) in [5.41, 5.74) is 2.11. The summed E-state index contributed by atoms with van der Waals surface area (Å²) in [5, 5.41) is 2.23. The first-order valence-corrected chi connectivity index (χ1v) is 11.9. The van der Waals surface area contributed by atoms with Crippen molar-refractivity contribution in [1.82, 2.24) is 4.57 Å². The fourth-order valence-electron chi connectivity index (χ4n) is 3.87. The summed E-state index contributed by atoms with van der Waals surface area (Å²) in [6, 6.07) is 20.3. The number of esters is 1. The van der Waals surface area contributed by atoms with E-state index in [1.54, 1.807) is 16.3 Å². The Kier molecular flexibility index (Phi) is 7.22. The van der Waals surface area contributed by atoms with E-state index in [0.29, 0.717) is 12.4 Å². The largest absolute Gasteiger partial charge is 0.466 e. The van der Waals surface area contributed by atoms with Gasteiger partial charge in [0.05, 0.1) is 23.3 Å². The summed E-state index contributed by atoms with van der Waals surface area (Å²) in [6.45, 7) is 2.83. The average molecular weight is 448 g/mol. The van der Waals surface area contributed by atoms with Crippen LogP contribution in [0.3, 0.4) is 0 Å². The molecule has 0 aliphatic rings. The number of aromatic nitrogens is 2. The predicted octanol–water partition coefficient (Wildman–Crippen LogP) is 5.25. The second-order valence-electron chi connectivity index (χ2n) is 7.72. The van der Waals surface area contributed by atoms with Gasteiger partial charge in [0.2, 0.25) is 11.4 Å². The van der Waals surface area contributed by atoms with E-state index in [9.17, 15) is 9.59 Å². The van der Waals surface area contributed by atoms with Crippen LogP contribution in [-0.4, -0.2) is 28.8 Å². The monoisotopic (exact) mass is 447 g/mol. The van der Waals surface area contributed by atoms with Crippen LogP contribution in [0.15, 0.2) is 78.0 Å². The summed E-state index contributed by atoms with van der Waals surface area (Å²) < 4.78 is 8.99. The zero-order chi connectivity index (χ0) is 22.3. The van der Waals surface area contributed by atoms with Crippen LogP contribution < -0.4 is 4.57 Å². The normalized spacial score (nSPS) is 11.2. The summed E-state index contributed by atoms with van der Waals surface area (Å²) in [5.74, 6) is 0.231. The molecule has 0 fully saturated rings. The summed E-state index contributed by atoms with van der Waals surface area (Å²) in [6.07, 6.45) is 6.85. The third-order valence-corrected chi connectivity index (χ3v) is 6.51. The Hall–Kier alpha value is -3.12. The van der Waals surface area contributed by atoms with Crippen LogP contribution in [0.2, 0.25) is 0 Å². The number of unbranched alkanes of at least 4 members (excludes halogenated alkanes) is 2. The Labute approximate surface area is 192 Å². The number of benzene rings is 2. The number of ether oxygens (including phenoxy) is 1. The summed E-state index contributed by atoms with van der Waals surface area (Å²) >= 11 is 1.58. The highest BCUT2D eigenvalue weighted by Crippen LogP contribution is 2.27. The maximum Gasteiger partial charge on any atom is 0.302 e. The zero-order valence-corrected chi connectivity index (χ0v) is 19.0. The molecule has 0 amide bonds. The number of rotatable bonds is 9. The molecule has 0 radical (unpaired) electrons. The van der Waals surface area contributed by atoms with E-state index < -0.39 is 0 Å². The van der Waals surface area contributed by atoms with Gasteiger partial charge in [-0.25, -0.2) is 0 Å². The number of para-hydroxylation sites is 2. The van der Waals surface area contributed by atoms with Crippen molar-refractivity contribution < 1.29 is 18.9 Å². The first-order chi connectivity index (χ1) is 15.6. The number of thioether (sulfide) groups is 1. The standard InChI is InChI=1S/C26H27N2O3S/c1-20(29)31-18-8-2-7-15-27-16-14-25(22-10-4-6-12-24(22)27)32-19-26(30)28-17-13-21-9-3-5-11-23(21)28/h3-6,9-14,16-17H,2,7-8,15,18-19H2,1H3/q+1. The van der Waals surface area contributed by atoms with E-state index in [1.165, 1.54) is 6.92 Å². The van der Waals surface area contributed by atoms with E-state index in [2.05, 4.69) is 29.0 Å². The van der Waals surface area contributed by atoms with Crippen LogP contribution in [0, 0.1) is 0 Å². The molecule has 0 spiro atoms. The van der Waals surface area contributed by atoms with Crippen LogP contribution in [0.25, 0.3) is 21.8 Å². The molecule has 0 bridgehead atoms. The molecule has 4 aromatic rings. The number of carbonyl (C=O) groups excluding carboxylic acids is 2. The Morgan fingerprint density at radius 1 is 0.969 bits per heavy atom. The van der Waals surface area contributed by atoms with Gasteiger partial charge in [-0.3, -0.25) is 14.2 Å². The maximum absolute atomic E-state index is 12.9. The lowest BCUT2D eigenvalue weighted by molar-refractivity contribution is -0.672. The van der Waals surface area contributed by atoms with Crippen LogP contribution in [-0.2, 0) is 16.1 Å². The molecule has 2 aromatic carbocycles. The lowest BCUT2D eigenvalue weighted by Crippen LogP contribution is -2.34. The number of fused-ring (bicyclic) bond motifs is 2. The van der Waals surface area contributed by atoms with E-state index in [1.807, 2.05) is 48.7 Å². The van der Waals surface area contributed by atoms with Crippen LogP contribution in [0.4, 0.5) is 0 Å². The summed E-state index contributed by atoms with van der Waals surface area (Å²) in [4.78, 5) is 24.8. The number of carbonyl (C=O) groups is 2. The highest BCUT2D eigenvalue weighted by atomic mass is 32.2. The van der Waals surface area contributed by atoms with Gasteiger partial charge in [0.15, 0.2) is 6.20 Å². The van der Waals surface area contributed by atoms with Crippen molar-refractivity contribution in [3.8, 4) is 0 Å². The fraction of sp³-hybridized carbons (Fsp3) is 0.269. The van der Waals surface area contributed by atoms with E-state index >= 15 is 0 Å². The van der Waals surface area contributed by atoms with Gasteiger partial charge in [-0.15, -0.1) is 11.8 Å². The Balaban J connectivity index is 1.42. The number of nitrogens with zero attached hydrogens (tertiary/aromatic N) is 2. The molecule has 0 saturated carbocycles. The third-order valence-electron chi connectivity index (χ3n) is 5.45. The first-order valence-electron chi connectivity index (χ1n) is 10.9. The third kappa shape index (κ3) is 5.19. The SMILES string of the molecule is CC(=O)OCCCCC[n+]1ccc(SCC(=O)n2ccc3ccccc32)c2ccccc21. The van der Waals surface area contributed by atoms with E-state index in [0.717, 1.165) is 52.5 Å². The van der Waals surface area contributed by atoms with E-state index in [-0.39, 0.29) is 11.9 Å². The van der Waals surface area contributed by atoms with Crippen molar-refractivity contribution in [2.45, 2.75) is 37.6 Å². The molecule has 2 heterocycles. The van der Waals surface area contributed by atoms with Gasteiger partial charge < -0.3 is 4.74 Å². The smallest absolute Gasteiger partial charge is 0.302 e. The topological polar surface area (TPSA) is 52.2 Å². The molecule has 5 nitrogen and oxygen atoms in total. The molecule has 0 aliphatic carbocycles. The molecule has 4 rings (SSSR count). The minimum Gasteiger partial charge on any atom is -0.466 e. The van der Waals surface area contributed by atoms with E-state index in [4.69, 9.17) is 4.74 Å². The lowest BCUT2D eigenvalue weighted by Gasteiger charge is -2.08. The van der Waals surface area contributed by atoms with Crippen LogP contribution in [0.5, 0.6) is 0 Å². The predicted molar refractivity (Wildman–Crippen MR) is 128 cm³/mol. The van der Waals surface area contributed by atoms with Crippen molar-refractivity contribution in [3.63, 3.8) is 0 Å². The minimum absolute atomic E-state index is 0.0739. The number of hydrogen-bond acceptors (Lipinski definition) is 4. The lowest BCUT2D eigenvalue weighted by atomic mass is 10.2. The molecule has 0 N–H and O–H groups in total. The highest BCUT2D eigenvalue weighted by Gasteiger charge is 2.15. The van der Waals surface area contributed by atoms with Gasteiger partial charge in [-0.1, -0.05) is 30.3 Å². The fourth-order valence-corrected chi connectivity index (χ4v) is 4.77. The Morgan fingerprint density at radius 2 is 1.78 bits per heavy atom. The minimum atomic E-state index is -0.220. The Morgan fingerprint density at radius 3 is 2.66 bits per heavy atom. The van der Waals surface area contributed by atoms with Crippen molar-refractivity contribution in [2.24, 2.45) is 0 Å². The molecule has 0 aliphatic heterocycles. The second-order valence-corrected chi connectivity index (χ2v) is 8.74. The average Bonchev–Trinajstić information content (AvgIpc) is 3.24. The van der Waals surface area contributed by atoms with Gasteiger partial charge in [0, 0.05) is 42.0 Å². The van der Waals surface area contributed by atoms with Gasteiger partial charge in [-0.05, 0) is 31.0 Å². The van der Waals surface area contributed by atoms with Crippen molar-refractivity contribution in [3.05, 3.63) is 73.1 Å². The van der Waals surface area contributed by atoms with Gasteiger partial charge in [0.1, 0.15) is 6.54 Å². The molecule has 0 saturated heterocycles. The first kappa shape index (κ1) is 22.1. The second kappa shape index (κ2) is 10.5. The van der Waals surface area contributed by atoms with Crippen molar-refractivity contribution in [2.75, 3.05) is 12.4 Å². The molecular weight excluding hydrogens is 420 g/mol. The number of hydrogen-bond donors (Lipinski definition) is 0. The molecular formula is C26H27N2O3S+. The van der Waals surface area contributed by atoms with Gasteiger partial charge in [0.25, 0.3) is 0 Å². The van der Waals surface area contributed by atoms with Crippen LogP contribution in [0.1, 0.15) is 31.0 Å². The van der Waals surface area contributed by atoms with Gasteiger partial charge in [-0.2, -0.15) is 4.57 Å². The maximum atomic E-state index is 12.9. The van der Waals surface area contributed by atoms with Crippen LogP contribution >= 0.6 is 11.8 Å². The molecule has 0 atom stereocenters. The molecule has 32 heavy (non-hydrogen) atoms. The molecule has 164 valence electrons. The quantitative estimate of drug-likeness (QED) is 0.152. The van der Waals surface area contributed by atoms with Crippen molar-refractivity contribution in [1.29, 1.82) is 0 Å². The molecule has 6 heteroatoms. The molecule has 2 aromatic heterocycles. The number of aryl methyl sites for hydroxylation is 1. The number of pyridine rings is 1. The van der Waals surface area contributed by atoms with Crippen molar-refractivity contribution >= 4 is 45.4 Å². The highest BCUT2D eigenvalue weighted by molar-refractivity contribution is 8.00. The Bertz CT molecular complexity index is 1250. The van der Waals surface area contributed by atoms with Gasteiger partial charge >= 0.3 is 5.97 Å². The summed E-state index contributed by atoms with van der Waals surface area (Å²) in [7, 11) is 0.